The quantitative estimate of drug-likeness (QED) is 0.0715. The number of carbonyl (C=O) groups is 1. The third kappa shape index (κ3) is 6.79. The van der Waals surface area contributed by atoms with Gasteiger partial charge in [-0.05, 0) is 67.3 Å². The van der Waals surface area contributed by atoms with Gasteiger partial charge in [-0.2, -0.15) is 10.4 Å². The summed E-state index contributed by atoms with van der Waals surface area (Å²) in [5.41, 5.74) is 12.2. The fourth-order valence-corrected chi connectivity index (χ4v) is 7.09. The van der Waals surface area contributed by atoms with Gasteiger partial charge in [-0.25, -0.2) is 18.7 Å². The van der Waals surface area contributed by atoms with Gasteiger partial charge < -0.3 is 21.7 Å². The van der Waals surface area contributed by atoms with Gasteiger partial charge in [-0.3, -0.25) is 4.90 Å². The van der Waals surface area contributed by atoms with Crippen molar-refractivity contribution in [2.75, 3.05) is 16.0 Å². The Hall–Kier alpha value is -5.44. The topological polar surface area (TPSA) is 136 Å². The first-order chi connectivity index (χ1) is 23.8. The number of aromatic nitrogens is 2. The Kier molecular flexibility index (Phi) is 8.91. The van der Waals surface area contributed by atoms with Gasteiger partial charge in [0.25, 0.3) is 0 Å². The van der Waals surface area contributed by atoms with Crippen molar-refractivity contribution in [3.05, 3.63) is 108 Å². The summed E-state index contributed by atoms with van der Waals surface area (Å²) in [6.07, 6.45) is 6.92. The monoisotopic (exact) mass is 675 g/mol. The van der Waals surface area contributed by atoms with E-state index in [2.05, 4.69) is 43.9 Å². The molecule has 12 heteroatoms. The van der Waals surface area contributed by atoms with Crippen molar-refractivity contribution in [1.82, 2.24) is 14.5 Å². The highest BCUT2D eigenvalue weighted by Crippen LogP contribution is 2.44. The lowest BCUT2D eigenvalue weighted by Crippen LogP contribution is -2.37. The lowest BCUT2D eigenvalue weighted by molar-refractivity contribution is 0.262. The number of amidine groups is 1. The summed E-state index contributed by atoms with van der Waals surface area (Å²) in [5, 5.41) is 23.8. The number of fused-ring (bicyclic) bond motifs is 2. The van der Waals surface area contributed by atoms with Gasteiger partial charge in [-0.15, -0.1) is 0 Å². The second kappa shape index (κ2) is 13.6. The molecule has 5 atom stereocenters. The molecule has 248 valence electrons. The number of rotatable bonds is 9. The lowest BCUT2D eigenvalue weighted by atomic mass is 9.96. The van der Waals surface area contributed by atoms with Crippen molar-refractivity contribution >= 4 is 51.7 Å². The van der Waals surface area contributed by atoms with E-state index in [9.17, 15) is 14.4 Å². The summed E-state index contributed by atoms with van der Waals surface area (Å²) in [5.74, 6) is -0.318. The van der Waals surface area contributed by atoms with Crippen molar-refractivity contribution in [2.24, 2.45) is 10.7 Å². The summed E-state index contributed by atoms with van der Waals surface area (Å²) in [6, 6.07) is 26.0. The molecule has 3 aromatic carbocycles. The molecule has 2 unspecified atom stereocenters. The van der Waals surface area contributed by atoms with Crippen molar-refractivity contribution in [3.8, 4) is 17.2 Å². The number of nitrogens with one attached hydrogen (secondary N) is 3. The Morgan fingerprint density at radius 2 is 1.82 bits per heavy atom. The molecular weight excluding hydrogens is 641 g/mol. The summed E-state index contributed by atoms with van der Waals surface area (Å²) in [6.45, 7) is 2.19. The van der Waals surface area contributed by atoms with Crippen LogP contribution in [0.15, 0.2) is 96.2 Å². The zero-order chi connectivity index (χ0) is 34.1. The van der Waals surface area contributed by atoms with Crippen LogP contribution in [0.5, 0.6) is 0 Å². The molecule has 2 aliphatic rings. The molecule has 4 heterocycles. The van der Waals surface area contributed by atoms with Crippen LogP contribution in [0.25, 0.3) is 16.6 Å². The number of nitrogens with two attached hydrogens (primary N) is 1. The highest BCUT2D eigenvalue weighted by atomic mass is 35.5. The van der Waals surface area contributed by atoms with E-state index in [1.54, 1.807) is 10.7 Å². The molecular formula is C37H35ClFN9O. The van der Waals surface area contributed by atoms with Gasteiger partial charge in [0.05, 0.1) is 46.2 Å². The van der Waals surface area contributed by atoms with Crippen LogP contribution in [0.4, 0.5) is 31.9 Å². The molecule has 0 spiro atoms. The fourth-order valence-electron chi connectivity index (χ4n) is 6.93. The van der Waals surface area contributed by atoms with Crippen molar-refractivity contribution < 1.29 is 9.18 Å². The third-order valence-corrected chi connectivity index (χ3v) is 9.63. The number of urea groups is 1. The van der Waals surface area contributed by atoms with Crippen LogP contribution in [0.2, 0.25) is 5.02 Å². The average molecular weight is 676 g/mol. The SMILES string of the molecule is CC[C@@H]1C[C@@H](Nc2c(C(N)=Nc3cc(F)ccc3Cl)cnn3cc(-c4ccc(NC(=O)Nc5ccccc5)cc4)cc23)C[C@@H]2C(CC#N)N12. The van der Waals surface area contributed by atoms with E-state index < -0.39 is 5.82 Å². The van der Waals surface area contributed by atoms with Gasteiger partial charge >= 0.3 is 6.03 Å². The predicted molar refractivity (Wildman–Crippen MR) is 192 cm³/mol. The maximum atomic E-state index is 14.1. The minimum absolute atomic E-state index is 0.121. The number of aliphatic imine (C=N–C) groups is 1. The number of amides is 2. The number of hydrogen-bond donors (Lipinski definition) is 4. The van der Waals surface area contributed by atoms with Crippen molar-refractivity contribution in [3.63, 3.8) is 0 Å². The van der Waals surface area contributed by atoms with Gasteiger partial charge in [0.15, 0.2) is 0 Å². The number of para-hydroxylation sites is 1. The maximum absolute atomic E-state index is 14.1. The summed E-state index contributed by atoms with van der Waals surface area (Å²) >= 11 is 6.34. The van der Waals surface area contributed by atoms with E-state index in [1.165, 1.54) is 18.2 Å². The molecule has 5 aromatic rings. The van der Waals surface area contributed by atoms with E-state index in [-0.39, 0.29) is 28.6 Å². The molecule has 2 fully saturated rings. The van der Waals surface area contributed by atoms with Gasteiger partial charge in [0.1, 0.15) is 11.7 Å². The average Bonchev–Trinajstić information content (AvgIpc) is 3.60. The number of carbonyl (C=O) groups excluding carboxylic acids is 1. The number of nitriles is 1. The molecule has 0 aliphatic carbocycles. The second-order valence-corrected chi connectivity index (χ2v) is 12.8. The number of anilines is 3. The lowest BCUT2D eigenvalue weighted by Gasteiger charge is -2.31. The number of piperidine rings is 1. The maximum Gasteiger partial charge on any atom is 0.323 e. The Morgan fingerprint density at radius 3 is 2.55 bits per heavy atom. The molecule has 5 N–H and O–H groups in total. The van der Waals surface area contributed by atoms with Crippen LogP contribution in [0.3, 0.4) is 0 Å². The third-order valence-electron chi connectivity index (χ3n) is 9.31. The normalized spacial score (nSPS) is 21.4. The summed E-state index contributed by atoms with van der Waals surface area (Å²) < 4.78 is 15.9. The summed E-state index contributed by atoms with van der Waals surface area (Å²) in [4.78, 5) is 19.5. The molecule has 2 aromatic heterocycles. The Morgan fingerprint density at radius 1 is 1.06 bits per heavy atom. The number of halogens is 2. The Bertz CT molecular complexity index is 2080. The zero-order valence-corrected chi connectivity index (χ0v) is 27.5. The van der Waals surface area contributed by atoms with E-state index in [1.807, 2.05) is 66.9 Å². The molecule has 0 saturated carbocycles. The number of benzene rings is 3. The molecule has 0 bridgehead atoms. The highest BCUT2D eigenvalue weighted by molar-refractivity contribution is 6.33. The van der Waals surface area contributed by atoms with Crippen LogP contribution in [-0.4, -0.2) is 50.5 Å². The number of hydrogen-bond acceptors (Lipinski definition) is 6. The van der Waals surface area contributed by atoms with Crippen LogP contribution >= 0.6 is 11.6 Å². The molecule has 2 aliphatic heterocycles. The highest BCUT2D eigenvalue weighted by Gasteiger charge is 2.54. The Labute approximate surface area is 288 Å². The van der Waals surface area contributed by atoms with E-state index in [4.69, 9.17) is 17.3 Å². The van der Waals surface area contributed by atoms with Gasteiger partial charge in [0, 0.05) is 53.4 Å². The van der Waals surface area contributed by atoms with E-state index in [0.29, 0.717) is 41.5 Å². The molecule has 49 heavy (non-hydrogen) atoms. The standard InChI is InChI=1S/C37H35ClFN9O/c1-2-28-18-27(19-33-32(14-15-40)48(28)33)43-35-29(36(41)46-31-17-24(39)10-13-30(31)38)20-42-47-21-23(16-34(35)47)22-8-11-26(12-9-22)45-37(49)44-25-6-4-3-5-7-25/h3-13,16-17,20-21,27-28,32-33,43H,2,14,18-19H2,1H3,(H2,41,46)(H2,44,45,49)/t27-,28-,32?,33-,48?/m1/s1. The fraction of sp³-hybridized carbons (Fsp3) is 0.243. The minimum atomic E-state index is -0.467. The molecule has 7 rings (SSSR count). The number of nitrogens with zero attached hydrogens (tertiary/aromatic N) is 5. The molecule has 2 saturated heterocycles. The molecule has 10 nitrogen and oxygen atoms in total. The Balaban J connectivity index is 1.20. The van der Waals surface area contributed by atoms with Crippen molar-refractivity contribution in [1.29, 1.82) is 5.26 Å². The largest absolute Gasteiger partial charge is 0.383 e. The zero-order valence-electron chi connectivity index (χ0n) is 26.8. The molecule has 2 amide bonds. The van der Waals surface area contributed by atoms with E-state index >= 15 is 0 Å². The first-order valence-corrected chi connectivity index (χ1v) is 16.6. The predicted octanol–water partition coefficient (Wildman–Crippen LogP) is 7.79. The summed E-state index contributed by atoms with van der Waals surface area (Å²) in [7, 11) is 0. The van der Waals surface area contributed by atoms with Crippen LogP contribution < -0.4 is 21.7 Å². The van der Waals surface area contributed by atoms with Gasteiger partial charge in [-0.1, -0.05) is 48.9 Å². The van der Waals surface area contributed by atoms with Crippen LogP contribution in [-0.2, 0) is 0 Å². The van der Waals surface area contributed by atoms with E-state index in [0.717, 1.165) is 41.6 Å². The van der Waals surface area contributed by atoms with Crippen molar-refractivity contribution in [2.45, 2.75) is 56.8 Å². The van der Waals surface area contributed by atoms with Gasteiger partial charge in [0.2, 0.25) is 0 Å². The minimum Gasteiger partial charge on any atom is -0.383 e. The second-order valence-electron chi connectivity index (χ2n) is 12.4. The first kappa shape index (κ1) is 32.1. The molecule has 0 radical (unpaired) electrons. The van der Waals surface area contributed by atoms with Crippen LogP contribution in [0.1, 0.15) is 38.2 Å². The van der Waals surface area contributed by atoms with Crippen LogP contribution in [0, 0.1) is 17.1 Å². The smallest absolute Gasteiger partial charge is 0.323 e. The first-order valence-electron chi connectivity index (χ1n) is 16.3.